The molecular formula is C23H23N3O4. The van der Waals surface area contributed by atoms with E-state index < -0.39 is 17.9 Å². The van der Waals surface area contributed by atoms with Crippen molar-refractivity contribution in [3.05, 3.63) is 52.8 Å². The topological polar surface area (TPSA) is 89.3 Å². The van der Waals surface area contributed by atoms with Crippen LogP contribution in [0.4, 0.5) is 0 Å². The molecule has 0 N–H and O–H groups in total. The summed E-state index contributed by atoms with van der Waals surface area (Å²) >= 11 is 0. The van der Waals surface area contributed by atoms with Crippen LogP contribution in [0.1, 0.15) is 63.9 Å². The van der Waals surface area contributed by atoms with Crippen LogP contribution in [-0.2, 0) is 22.6 Å². The molecule has 0 fully saturated rings. The molecule has 0 bridgehead atoms. The quantitative estimate of drug-likeness (QED) is 0.248. The number of hydrogen-bond donors (Lipinski definition) is 0. The van der Waals surface area contributed by atoms with Crippen LogP contribution in [0.5, 0.6) is 0 Å². The van der Waals surface area contributed by atoms with Gasteiger partial charge in [-0.05, 0) is 37.3 Å². The van der Waals surface area contributed by atoms with E-state index in [0.29, 0.717) is 30.1 Å². The maximum Gasteiger partial charge on any atom is 0.262 e. The largest absolute Gasteiger partial charge is 0.303 e. The molecule has 0 spiro atoms. The summed E-state index contributed by atoms with van der Waals surface area (Å²) in [6.45, 7) is 0.761. The lowest BCUT2D eigenvalue weighted by molar-refractivity contribution is -0.112. The van der Waals surface area contributed by atoms with Crippen LogP contribution >= 0.6 is 0 Å². The Morgan fingerprint density at radius 3 is 2.67 bits per heavy atom. The second-order valence-electron chi connectivity index (χ2n) is 7.21. The average molecular weight is 405 g/mol. The second-order valence-corrected chi connectivity index (χ2v) is 7.21. The van der Waals surface area contributed by atoms with E-state index in [-0.39, 0.29) is 12.8 Å². The van der Waals surface area contributed by atoms with Crippen molar-refractivity contribution < 1.29 is 19.2 Å². The van der Waals surface area contributed by atoms with Crippen molar-refractivity contribution in [2.45, 2.75) is 51.1 Å². The molecule has 0 saturated heterocycles. The summed E-state index contributed by atoms with van der Waals surface area (Å²) in [5.74, 6) is 1.62. The van der Waals surface area contributed by atoms with Crippen LogP contribution in [0, 0.1) is 12.3 Å². The first-order valence-corrected chi connectivity index (χ1v) is 9.98. The number of carbonyl (C=O) groups excluding carboxylic acids is 4. The van der Waals surface area contributed by atoms with Crippen molar-refractivity contribution in [2.24, 2.45) is 0 Å². The van der Waals surface area contributed by atoms with E-state index in [1.54, 1.807) is 18.3 Å². The van der Waals surface area contributed by atoms with Gasteiger partial charge in [0.05, 0.1) is 28.9 Å². The van der Waals surface area contributed by atoms with Crippen LogP contribution in [0.3, 0.4) is 0 Å². The van der Waals surface area contributed by atoms with Gasteiger partial charge < -0.3 is 9.59 Å². The number of benzene rings is 1. The van der Waals surface area contributed by atoms with Gasteiger partial charge in [-0.25, -0.2) is 0 Å². The Bertz CT molecular complexity index is 1000. The number of hydrogen-bond acceptors (Lipinski definition) is 5. The van der Waals surface area contributed by atoms with Crippen LogP contribution in [0.25, 0.3) is 0 Å². The van der Waals surface area contributed by atoms with Gasteiger partial charge in [0, 0.05) is 19.2 Å². The molecule has 3 rings (SSSR count). The lowest BCUT2D eigenvalue weighted by Gasteiger charge is -2.20. The Balaban J connectivity index is 1.62. The van der Waals surface area contributed by atoms with Crippen LogP contribution < -0.4 is 0 Å². The number of carbonyl (C=O) groups is 4. The standard InChI is InChI=1S/C23H23N3O4/c1-2-17-14-24-25(15-17)12-5-3-4-8-18-9-6-11-20-21(18)23(30)26(22(20)29)19(16-28)10-7-13-27/h1,6,9,11,13-16,19H,3-5,7-8,10,12H2. The summed E-state index contributed by atoms with van der Waals surface area (Å²) < 4.78 is 1.81. The third-order valence-electron chi connectivity index (χ3n) is 5.23. The Labute approximate surface area is 175 Å². The highest BCUT2D eigenvalue weighted by Gasteiger charge is 2.40. The molecule has 154 valence electrons. The van der Waals surface area contributed by atoms with Crippen molar-refractivity contribution >= 4 is 24.4 Å². The molecule has 0 saturated carbocycles. The Kier molecular flexibility index (Phi) is 6.91. The van der Waals surface area contributed by atoms with Crippen molar-refractivity contribution in [3.63, 3.8) is 0 Å². The van der Waals surface area contributed by atoms with Gasteiger partial charge in [-0.15, -0.1) is 6.42 Å². The van der Waals surface area contributed by atoms with Crippen LogP contribution in [0.2, 0.25) is 0 Å². The fraction of sp³-hybridized carbons (Fsp3) is 0.348. The van der Waals surface area contributed by atoms with Gasteiger partial charge in [0.1, 0.15) is 12.6 Å². The van der Waals surface area contributed by atoms with Crippen molar-refractivity contribution in [3.8, 4) is 12.3 Å². The van der Waals surface area contributed by atoms with Crippen molar-refractivity contribution in [1.29, 1.82) is 0 Å². The molecule has 1 unspecified atom stereocenters. The minimum atomic E-state index is -0.919. The Hall–Kier alpha value is -3.53. The SMILES string of the molecule is C#Cc1cnn(CCCCCc2cccc3c2C(=O)N(C(C=O)CCC=O)C3=O)c1. The zero-order valence-electron chi connectivity index (χ0n) is 16.6. The molecule has 1 aliphatic rings. The predicted molar refractivity (Wildman–Crippen MR) is 110 cm³/mol. The lowest BCUT2D eigenvalue weighted by atomic mass is 9.98. The number of fused-ring (bicyclic) bond motifs is 1. The summed E-state index contributed by atoms with van der Waals surface area (Å²) in [5, 5.41) is 4.20. The van der Waals surface area contributed by atoms with Crippen LogP contribution in [0.15, 0.2) is 30.6 Å². The number of aldehydes is 2. The fourth-order valence-corrected chi connectivity index (χ4v) is 3.71. The van der Waals surface area contributed by atoms with Gasteiger partial charge in [0.25, 0.3) is 11.8 Å². The van der Waals surface area contributed by atoms with Gasteiger partial charge in [-0.3, -0.25) is 19.2 Å². The van der Waals surface area contributed by atoms with Crippen molar-refractivity contribution in [1.82, 2.24) is 14.7 Å². The summed E-state index contributed by atoms with van der Waals surface area (Å²) in [7, 11) is 0. The molecule has 0 radical (unpaired) electrons. The monoisotopic (exact) mass is 405 g/mol. The molecule has 2 aromatic rings. The molecule has 2 heterocycles. The van der Waals surface area contributed by atoms with E-state index in [2.05, 4.69) is 11.0 Å². The maximum absolute atomic E-state index is 12.9. The average Bonchev–Trinajstić information content (AvgIpc) is 3.32. The molecule has 2 amide bonds. The fourth-order valence-electron chi connectivity index (χ4n) is 3.71. The van der Waals surface area contributed by atoms with Gasteiger partial charge in [0.2, 0.25) is 0 Å². The number of imide groups is 1. The molecule has 1 aliphatic heterocycles. The van der Waals surface area contributed by atoms with E-state index in [1.807, 2.05) is 16.9 Å². The van der Waals surface area contributed by atoms with E-state index in [4.69, 9.17) is 6.42 Å². The molecule has 1 atom stereocenters. The van der Waals surface area contributed by atoms with E-state index in [0.717, 1.165) is 41.8 Å². The van der Waals surface area contributed by atoms with Gasteiger partial charge >= 0.3 is 0 Å². The highest BCUT2D eigenvalue weighted by molar-refractivity contribution is 6.23. The maximum atomic E-state index is 12.9. The molecule has 1 aromatic carbocycles. The van der Waals surface area contributed by atoms with Gasteiger partial charge in [-0.1, -0.05) is 24.5 Å². The Morgan fingerprint density at radius 2 is 1.97 bits per heavy atom. The van der Waals surface area contributed by atoms with Gasteiger partial charge in [0.15, 0.2) is 0 Å². The number of aryl methyl sites for hydroxylation is 2. The van der Waals surface area contributed by atoms with E-state index in [1.165, 1.54) is 0 Å². The third-order valence-corrected chi connectivity index (χ3v) is 5.23. The molecule has 30 heavy (non-hydrogen) atoms. The highest BCUT2D eigenvalue weighted by Crippen LogP contribution is 2.29. The minimum Gasteiger partial charge on any atom is -0.303 e. The number of nitrogens with zero attached hydrogens (tertiary/aromatic N) is 3. The van der Waals surface area contributed by atoms with Gasteiger partial charge in [-0.2, -0.15) is 5.10 Å². The normalized spacial score (nSPS) is 13.8. The first kappa shape index (κ1) is 21.2. The molecular weight excluding hydrogens is 382 g/mol. The number of aromatic nitrogens is 2. The Morgan fingerprint density at radius 1 is 1.13 bits per heavy atom. The predicted octanol–water partition coefficient (Wildman–Crippen LogP) is 2.42. The van der Waals surface area contributed by atoms with E-state index in [9.17, 15) is 19.2 Å². The lowest BCUT2D eigenvalue weighted by Crippen LogP contribution is -2.41. The first-order chi connectivity index (χ1) is 14.6. The second kappa shape index (κ2) is 9.79. The number of amides is 2. The zero-order chi connectivity index (χ0) is 21.5. The molecule has 7 nitrogen and oxygen atoms in total. The summed E-state index contributed by atoms with van der Waals surface area (Å²) in [5.41, 5.74) is 2.27. The number of terminal acetylenes is 1. The zero-order valence-corrected chi connectivity index (χ0v) is 16.6. The first-order valence-electron chi connectivity index (χ1n) is 9.98. The number of rotatable bonds is 11. The minimum absolute atomic E-state index is 0.114. The smallest absolute Gasteiger partial charge is 0.262 e. The molecule has 1 aromatic heterocycles. The summed E-state index contributed by atoms with van der Waals surface area (Å²) in [6.07, 6.45) is 13.7. The summed E-state index contributed by atoms with van der Waals surface area (Å²) in [4.78, 5) is 48.7. The molecule has 0 aliphatic carbocycles. The highest BCUT2D eigenvalue weighted by atomic mass is 16.2. The van der Waals surface area contributed by atoms with Crippen molar-refractivity contribution in [2.75, 3.05) is 0 Å². The number of unbranched alkanes of at least 4 members (excludes halogenated alkanes) is 2. The van der Waals surface area contributed by atoms with Crippen LogP contribution in [-0.4, -0.2) is 45.1 Å². The third kappa shape index (κ3) is 4.38. The van der Waals surface area contributed by atoms with E-state index >= 15 is 0 Å². The molecule has 7 heteroatoms. The summed E-state index contributed by atoms with van der Waals surface area (Å²) in [6, 6.07) is 4.30.